The van der Waals surface area contributed by atoms with Gasteiger partial charge in [-0.05, 0) is 19.8 Å². The number of rotatable bonds is 8. The summed E-state index contributed by atoms with van der Waals surface area (Å²) in [6.07, 6.45) is 1.81. The highest BCUT2D eigenvalue weighted by atomic mass is 16.6. The number of nitrogens with zero attached hydrogens (tertiary/aromatic N) is 3. The van der Waals surface area contributed by atoms with E-state index in [4.69, 9.17) is 4.74 Å². The molecule has 0 aliphatic carbocycles. The van der Waals surface area contributed by atoms with E-state index in [0.717, 1.165) is 19.4 Å². The zero-order valence-corrected chi connectivity index (χ0v) is 11.1. The molecule has 0 unspecified atom stereocenters. The van der Waals surface area contributed by atoms with Crippen LogP contribution >= 0.6 is 0 Å². The smallest absolute Gasteiger partial charge is 0.333 e. The quantitative estimate of drug-likeness (QED) is 0.436. The summed E-state index contributed by atoms with van der Waals surface area (Å²) < 4.78 is 6.84. The summed E-state index contributed by atoms with van der Waals surface area (Å²) in [5.74, 6) is 0.452. The second kappa shape index (κ2) is 6.95. The minimum Gasteiger partial charge on any atom is -0.381 e. The predicted octanol–water partition coefficient (Wildman–Crippen LogP) is 1.87. The Hall–Kier alpha value is -1.63. The van der Waals surface area contributed by atoms with Crippen LogP contribution in [-0.4, -0.2) is 34.5 Å². The number of nitro groups is 1. The number of hydrogen-bond acceptors (Lipinski definition) is 5. The lowest BCUT2D eigenvalue weighted by atomic mass is 10.3. The van der Waals surface area contributed by atoms with Gasteiger partial charge < -0.3 is 10.1 Å². The van der Waals surface area contributed by atoms with Crippen LogP contribution in [0.3, 0.4) is 0 Å². The largest absolute Gasteiger partial charge is 0.381 e. The second-order valence-corrected chi connectivity index (χ2v) is 4.06. The summed E-state index contributed by atoms with van der Waals surface area (Å²) in [6.45, 7) is 5.73. The van der Waals surface area contributed by atoms with Crippen molar-refractivity contribution in [3.05, 3.63) is 15.8 Å². The maximum absolute atomic E-state index is 10.9. The van der Waals surface area contributed by atoms with Gasteiger partial charge in [-0.2, -0.15) is 5.10 Å². The third-order valence-corrected chi connectivity index (χ3v) is 2.48. The van der Waals surface area contributed by atoms with E-state index in [1.54, 1.807) is 14.0 Å². The first-order valence-corrected chi connectivity index (χ1v) is 6.07. The highest BCUT2D eigenvalue weighted by molar-refractivity contribution is 5.59. The number of anilines is 1. The van der Waals surface area contributed by atoms with E-state index in [9.17, 15) is 10.1 Å². The van der Waals surface area contributed by atoms with E-state index in [0.29, 0.717) is 24.7 Å². The Labute approximate surface area is 106 Å². The van der Waals surface area contributed by atoms with Gasteiger partial charge in [0.1, 0.15) is 5.69 Å². The first-order chi connectivity index (χ1) is 8.57. The number of aromatic nitrogens is 2. The van der Waals surface area contributed by atoms with Crippen molar-refractivity contribution < 1.29 is 9.66 Å². The molecule has 0 saturated carbocycles. The summed E-state index contributed by atoms with van der Waals surface area (Å²) >= 11 is 0. The Kier molecular flexibility index (Phi) is 5.57. The van der Waals surface area contributed by atoms with E-state index < -0.39 is 4.92 Å². The zero-order valence-electron chi connectivity index (χ0n) is 11.1. The molecule has 7 heteroatoms. The Bertz CT molecular complexity index is 403. The molecule has 0 radical (unpaired) electrons. The molecule has 0 atom stereocenters. The summed E-state index contributed by atoms with van der Waals surface area (Å²) in [5, 5.41) is 18.0. The average Bonchev–Trinajstić information content (AvgIpc) is 2.58. The molecular formula is C11H20N4O3. The van der Waals surface area contributed by atoms with E-state index in [1.807, 2.05) is 0 Å². The molecule has 0 amide bonds. The molecule has 102 valence electrons. The Morgan fingerprint density at radius 2 is 2.22 bits per heavy atom. The van der Waals surface area contributed by atoms with Gasteiger partial charge in [-0.25, -0.2) is 4.68 Å². The summed E-state index contributed by atoms with van der Waals surface area (Å²) in [4.78, 5) is 10.5. The van der Waals surface area contributed by atoms with Crippen molar-refractivity contribution in [1.82, 2.24) is 9.78 Å². The molecule has 1 rings (SSSR count). The molecule has 1 aromatic heterocycles. The first kappa shape index (κ1) is 14.4. The summed E-state index contributed by atoms with van der Waals surface area (Å²) in [5.41, 5.74) is 0.471. The van der Waals surface area contributed by atoms with Crippen LogP contribution < -0.4 is 5.32 Å². The van der Waals surface area contributed by atoms with Gasteiger partial charge >= 0.3 is 5.69 Å². The monoisotopic (exact) mass is 256 g/mol. The lowest BCUT2D eigenvalue weighted by molar-refractivity contribution is -0.384. The standard InChI is InChI=1S/C11H20N4O3/c1-4-7-18-8-5-6-12-11-10(15(16)17)9(2)13-14(11)3/h12H,4-8H2,1-3H3. The van der Waals surface area contributed by atoms with E-state index >= 15 is 0 Å². The minimum atomic E-state index is -0.405. The molecule has 0 spiro atoms. The summed E-state index contributed by atoms with van der Waals surface area (Å²) in [7, 11) is 1.69. The third kappa shape index (κ3) is 3.69. The van der Waals surface area contributed by atoms with Crippen molar-refractivity contribution >= 4 is 11.5 Å². The van der Waals surface area contributed by atoms with Gasteiger partial charge in [0.15, 0.2) is 0 Å². The van der Waals surface area contributed by atoms with E-state index in [1.165, 1.54) is 4.68 Å². The fourth-order valence-corrected chi connectivity index (χ4v) is 1.69. The van der Waals surface area contributed by atoms with Gasteiger partial charge in [-0.1, -0.05) is 6.92 Å². The Balaban J connectivity index is 2.49. The van der Waals surface area contributed by atoms with Crippen LogP contribution in [0.15, 0.2) is 0 Å². The molecule has 0 bridgehead atoms. The first-order valence-electron chi connectivity index (χ1n) is 6.07. The van der Waals surface area contributed by atoms with Gasteiger partial charge in [0, 0.05) is 26.8 Å². The van der Waals surface area contributed by atoms with Crippen molar-refractivity contribution in [2.75, 3.05) is 25.1 Å². The SMILES string of the molecule is CCCOCCCNc1c([N+](=O)[O-])c(C)nn1C. The van der Waals surface area contributed by atoms with Crippen molar-refractivity contribution in [2.24, 2.45) is 7.05 Å². The van der Waals surface area contributed by atoms with Crippen molar-refractivity contribution in [3.8, 4) is 0 Å². The molecule has 7 nitrogen and oxygen atoms in total. The van der Waals surface area contributed by atoms with Crippen LogP contribution in [0.25, 0.3) is 0 Å². The maximum Gasteiger partial charge on any atom is 0.333 e. The van der Waals surface area contributed by atoms with Gasteiger partial charge in [-0.15, -0.1) is 0 Å². The second-order valence-electron chi connectivity index (χ2n) is 4.06. The zero-order chi connectivity index (χ0) is 13.5. The molecule has 0 saturated heterocycles. The molecule has 0 fully saturated rings. The number of aryl methyl sites for hydroxylation is 2. The summed E-state index contributed by atoms with van der Waals surface area (Å²) in [6, 6.07) is 0. The molecule has 18 heavy (non-hydrogen) atoms. The van der Waals surface area contributed by atoms with Crippen molar-refractivity contribution in [2.45, 2.75) is 26.7 Å². The highest BCUT2D eigenvalue weighted by Gasteiger charge is 2.23. The molecule has 0 aliphatic rings. The average molecular weight is 256 g/mol. The van der Waals surface area contributed by atoms with Gasteiger partial charge in [0.05, 0.1) is 4.92 Å². The van der Waals surface area contributed by atoms with Crippen molar-refractivity contribution in [1.29, 1.82) is 0 Å². The van der Waals surface area contributed by atoms with Crippen LogP contribution in [0.1, 0.15) is 25.5 Å². The highest BCUT2D eigenvalue weighted by Crippen LogP contribution is 2.26. The Morgan fingerprint density at radius 3 is 2.83 bits per heavy atom. The normalized spacial score (nSPS) is 10.6. The van der Waals surface area contributed by atoms with E-state index in [2.05, 4.69) is 17.3 Å². The molecule has 1 N–H and O–H groups in total. The predicted molar refractivity (Wildman–Crippen MR) is 68.8 cm³/mol. The number of ether oxygens (including phenoxy) is 1. The van der Waals surface area contributed by atoms with Crippen LogP contribution in [0.2, 0.25) is 0 Å². The van der Waals surface area contributed by atoms with Crippen LogP contribution in [-0.2, 0) is 11.8 Å². The minimum absolute atomic E-state index is 0.0481. The molecular weight excluding hydrogens is 236 g/mol. The fraction of sp³-hybridized carbons (Fsp3) is 0.727. The van der Waals surface area contributed by atoms with Crippen molar-refractivity contribution in [3.63, 3.8) is 0 Å². The van der Waals surface area contributed by atoms with Gasteiger partial charge in [0.25, 0.3) is 0 Å². The molecule has 1 aromatic rings. The lowest BCUT2D eigenvalue weighted by Crippen LogP contribution is -2.10. The van der Waals surface area contributed by atoms with Gasteiger partial charge in [0.2, 0.25) is 5.82 Å². The third-order valence-electron chi connectivity index (χ3n) is 2.48. The molecule has 0 aliphatic heterocycles. The topological polar surface area (TPSA) is 82.2 Å². The number of hydrogen-bond donors (Lipinski definition) is 1. The molecule has 1 heterocycles. The molecule has 0 aromatic carbocycles. The van der Waals surface area contributed by atoms with Crippen LogP contribution in [0.5, 0.6) is 0 Å². The van der Waals surface area contributed by atoms with Crippen LogP contribution in [0, 0.1) is 17.0 Å². The van der Waals surface area contributed by atoms with Gasteiger partial charge in [-0.3, -0.25) is 10.1 Å². The maximum atomic E-state index is 10.9. The van der Waals surface area contributed by atoms with E-state index in [-0.39, 0.29) is 5.69 Å². The lowest BCUT2D eigenvalue weighted by Gasteiger charge is -2.06. The van der Waals surface area contributed by atoms with Crippen LogP contribution in [0.4, 0.5) is 11.5 Å². The number of nitrogens with one attached hydrogen (secondary N) is 1. The fourth-order valence-electron chi connectivity index (χ4n) is 1.69. The Morgan fingerprint density at radius 1 is 1.50 bits per heavy atom.